The van der Waals surface area contributed by atoms with Gasteiger partial charge < -0.3 is 10.6 Å². The first kappa shape index (κ1) is 23.1. The summed E-state index contributed by atoms with van der Waals surface area (Å²) >= 11 is 0. The third-order valence-electron chi connectivity index (χ3n) is 4.60. The van der Waals surface area contributed by atoms with E-state index >= 15 is 0 Å². The largest absolute Gasteiger partial charge is 0.326 e. The van der Waals surface area contributed by atoms with Gasteiger partial charge in [-0.15, -0.1) is 0 Å². The van der Waals surface area contributed by atoms with Crippen molar-refractivity contribution in [2.24, 2.45) is 0 Å². The summed E-state index contributed by atoms with van der Waals surface area (Å²) in [5.41, 5.74) is 2.67. The number of sulfonamides is 1. The summed E-state index contributed by atoms with van der Waals surface area (Å²) in [5.74, 6) is -0.981. The fourth-order valence-corrected chi connectivity index (χ4v) is 3.94. The highest BCUT2D eigenvalue weighted by Gasteiger charge is 2.14. The molecule has 0 unspecified atom stereocenters. The Hall–Kier alpha value is -3.56. The van der Waals surface area contributed by atoms with Gasteiger partial charge in [-0.25, -0.2) is 17.5 Å². The summed E-state index contributed by atoms with van der Waals surface area (Å²) in [6.45, 7) is 3.10. The molecular weight excluding hydrogens is 433 g/mol. The molecule has 0 fully saturated rings. The quantitative estimate of drug-likeness (QED) is 0.504. The minimum Gasteiger partial charge on any atom is -0.326 e. The second-order valence-electron chi connectivity index (χ2n) is 7.14. The summed E-state index contributed by atoms with van der Waals surface area (Å²) in [4.78, 5) is 23.5. The van der Waals surface area contributed by atoms with Crippen LogP contribution in [0.1, 0.15) is 28.4 Å². The molecule has 0 saturated heterocycles. The first-order chi connectivity index (χ1) is 15.1. The number of benzene rings is 3. The zero-order chi connectivity index (χ0) is 23.3. The number of nitrogens with one attached hydrogen (secondary N) is 3. The number of carbonyl (C=O) groups is 2. The highest BCUT2D eigenvalue weighted by molar-refractivity contribution is 7.89. The Balaban J connectivity index is 1.61. The molecule has 32 heavy (non-hydrogen) atoms. The average molecular weight is 456 g/mol. The number of rotatable bonds is 7. The smallest absolute Gasteiger partial charge is 0.255 e. The van der Waals surface area contributed by atoms with Crippen molar-refractivity contribution in [1.29, 1.82) is 0 Å². The summed E-state index contributed by atoms with van der Waals surface area (Å²) < 4.78 is 40.7. The van der Waals surface area contributed by atoms with Crippen LogP contribution in [0.25, 0.3) is 0 Å². The molecule has 166 valence electrons. The fourth-order valence-electron chi connectivity index (χ4n) is 2.92. The Morgan fingerprint density at radius 1 is 0.906 bits per heavy atom. The first-order valence-electron chi connectivity index (χ1n) is 9.68. The molecule has 0 aliphatic carbocycles. The molecule has 3 N–H and O–H groups in total. The Bertz CT molecular complexity index is 1240. The molecule has 0 heterocycles. The lowest BCUT2D eigenvalue weighted by Crippen LogP contribution is -2.23. The van der Waals surface area contributed by atoms with Crippen LogP contribution in [0.5, 0.6) is 0 Å². The molecule has 3 aromatic carbocycles. The Labute approximate surface area is 185 Å². The van der Waals surface area contributed by atoms with Crippen molar-refractivity contribution in [3.63, 3.8) is 0 Å². The van der Waals surface area contributed by atoms with E-state index in [0.29, 0.717) is 28.1 Å². The Kier molecular flexibility index (Phi) is 7.01. The lowest BCUT2D eigenvalue weighted by molar-refractivity contribution is -0.114. The molecule has 2 amide bonds. The molecule has 0 aromatic heterocycles. The van der Waals surface area contributed by atoms with Gasteiger partial charge >= 0.3 is 0 Å². The van der Waals surface area contributed by atoms with E-state index in [1.54, 1.807) is 31.2 Å². The highest BCUT2D eigenvalue weighted by Crippen LogP contribution is 2.18. The lowest BCUT2D eigenvalue weighted by atomic mass is 10.1. The second-order valence-corrected chi connectivity index (χ2v) is 8.91. The average Bonchev–Trinajstić information content (AvgIpc) is 2.74. The standard InChI is InChI=1S/C23H22FN3O4S/c1-15-13-19(24)7-12-22(15)27-23(29)18-5-3-17(4-6-18)14-25-32(30,31)21-10-8-20(9-11-21)26-16(2)28/h3-13,25H,14H2,1-2H3,(H,26,28)(H,27,29). The van der Waals surface area contributed by atoms with E-state index in [1.165, 1.54) is 49.4 Å². The molecule has 0 saturated carbocycles. The predicted molar refractivity (Wildman–Crippen MR) is 120 cm³/mol. The third-order valence-corrected chi connectivity index (χ3v) is 6.02. The molecule has 0 aliphatic heterocycles. The van der Waals surface area contributed by atoms with E-state index in [2.05, 4.69) is 15.4 Å². The van der Waals surface area contributed by atoms with Gasteiger partial charge in [0.1, 0.15) is 5.82 Å². The van der Waals surface area contributed by atoms with Crippen LogP contribution in [0.15, 0.2) is 71.6 Å². The predicted octanol–water partition coefficient (Wildman–Crippen LogP) is 3.82. The van der Waals surface area contributed by atoms with Gasteiger partial charge in [0.15, 0.2) is 0 Å². The Morgan fingerprint density at radius 3 is 2.16 bits per heavy atom. The summed E-state index contributed by atoms with van der Waals surface area (Å²) in [6.07, 6.45) is 0. The minimum absolute atomic E-state index is 0.0365. The molecule has 7 nitrogen and oxygen atoms in total. The number of aryl methyl sites for hydroxylation is 1. The van der Waals surface area contributed by atoms with E-state index in [4.69, 9.17) is 0 Å². The van der Waals surface area contributed by atoms with E-state index in [9.17, 15) is 22.4 Å². The molecular formula is C23H22FN3O4S. The van der Waals surface area contributed by atoms with Gasteiger partial charge in [-0.2, -0.15) is 0 Å². The van der Waals surface area contributed by atoms with Crippen molar-refractivity contribution in [3.8, 4) is 0 Å². The monoisotopic (exact) mass is 455 g/mol. The maximum absolute atomic E-state index is 13.2. The molecule has 3 aromatic rings. The van der Waals surface area contributed by atoms with Crippen LogP contribution in [0.3, 0.4) is 0 Å². The van der Waals surface area contributed by atoms with Crippen LogP contribution >= 0.6 is 0 Å². The van der Waals surface area contributed by atoms with E-state index < -0.39 is 10.0 Å². The number of anilines is 2. The van der Waals surface area contributed by atoms with Crippen LogP contribution in [-0.4, -0.2) is 20.2 Å². The van der Waals surface area contributed by atoms with Gasteiger partial charge in [0.2, 0.25) is 15.9 Å². The van der Waals surface area contributed by atoms with Crippen molar-refractivity contribution >= 4 is 33.2 Å². The molecule has 0 aliphatic rings. The van der Waals surface area contributed by atoms with Gasteiger partial charge in [-0.1, -0.05) is 12.1 Å². The SMILES string of the molecule is CC(=O)Nc1ccc(S(=O)(=O)NCc2ccc(C(=O)Nc3ccc(F)cc3C)cc2)cc1. The van der Waals surface area contributed by atoms with Crippen molar-refractivity contribution in [3.05, 3.63) is 89.2 Å². The maximum atomic E-state index is 13.2. The van der Waals surface area contributed by atoms with Gasteiger partial charge in [-0.05, 0) is 72.6 Å². The van der Waals surface area contributed by atoms with Crippen molar-refractivity contribution in [1.82, 2.24) is 4.72 Å². The molecule has 0 radical (unpaired) electrons. The van der Waals surface area contributed by atoms with E-state index in [1.807, 2.05) is 0 Å². The van der Waals surface area contributed by atoms with Crippen LogP contribution in [0.4, 0.5) is 15.8 Å². The van der Waals surface area contributed by atoms with E-state index in [-0.39, 0.29) is 29.1 Å². The fraction of sp³-hybridized carbons (Fsp3) is 0.130. The Morgan fingerprint density at radius 2 is 1.56 bits per heavy atom. The summed E-state index contributed by atoms with van der Waals surface area (Å²) in [7, 11) is -3.75. The van der Waals surface area contributed by atoms with Crippen LogP contribution in [-0.2, 0) is 21.4 Å². The summed E-state index contributed by atoms with van der Waals surface area (Å²) in [6, 6.07) is 16.4. The molecule has 0 bridgehead atoms. The maximum Gasteiger partial charge on any atom is 0.255 e. The topological polar surface area (TPSA) is 104 Å². The third kappa shape index (κ3) is 5.99. The van der Waals surface area contributed by atoms with E-state index in [0.717, 1.165) is 0 Å². The van der Waals surface area contributed by atoms with Gasteiger partial charge in [0.05, 0.1) is 4.90 Å². The highest BCUT2D eigenvalue weighted by atomic mass is 32.2. The normalized spacial score (nSPS) is 11.1. The lowest BCUT2D eigenvalue weighted by Gasteiger charge is -2.10. The molecule has 0 atom stereocenters. The minimum atomic E-state index is -3.75. The second kappa shape index (κ2) is 9.71. The summed E-state index contributed by atoms with van der Waals surface area (Å²) in [5, 5.41) is 5.30. The first-order valence-corrected chi connectivity index (χ1v) is 11.2. The van der Waals surface area contributed by atoms with Crippen molar-refractivity contribution < 1.29 is 22.4 Å². The van der Waals surface area contributed by atoms with Crippen LogP contribution < -0.4 is 15.4 Å². The number of hydrogen-bond donors (Lipinski definition) is 3. The van der Waals surface area contributed by atoms with Crippen molar-refractivity contribution in [2.75, 3.05) is 10.6 Å². The van der Waals surface area contributed by atoms with Crippen LogP contribution in [0.2, 0.25) is 0 Å². The van der Waals surface area contributed by atoms with Gasteiger partial charge in [0.25, 0.3) is 5.91 Å². The zero-order valence-electron chi connectivity index (χ0n) is 17.5. The van der Waals surface area contributed by atoms with Gasteiger partial charge in [-0.3, -0.25) is 9.59 Å². The van der Waals surface area contributed by atoms with Crippen molar-refractivity contribution in [2.45, 2.75) is 25.3 Å². The number of carbonyl (C=O) groups excluding carboxylic acids is 2. The number of amides is 2. The molecule has 3 rings (SSSR count). The zero-order valence-corrected chi connectivity index (χ0v) is 18.3. The molecule has 9 heteroatoms. The number of halogens is 1. The number of hydrogen-bond acceptors (Lipinski definition) is 4. The van der Waals surface area contributed by atoms with Crippen LogP contribution in [0, 0.1) is 12.7 Å². The molecule has 0 spiro atoms. The van der Waals surface area contributed by atoms with Gasteiger partial charge in [0, 0.05) is 30.4 Å².